The van der Waals surface area contributed by atoms with Crippen molar-refractivity contribution in [2.24, 2.45) is 0 Å². The van der Waals surface area contributed by atoms with Crippen molar-refractivity contribution in [3.8, 4) is 5.75 Å². The first kappa shape index (κ1) is 17.6. The summed E-state index contributed by atoms with van der Waals surface area (Å²) in [6.45, 7) is 1.78. The molecule has 0 unspecified atom stereocenters. The van der Waals surface area contributed by atoms with Gasteiger partial charge in [0.05, 0.1) is 12.6 Å². The van der Waals surface area contributed by atoms with Crippen LogP contribution in [0.2, 0.25) is 0 Å². The second-order valence-electron chi connectivity index (χ2n) is 7.20. The van der Waals surface area contributed by atoms with Crippen molar-refractivity contribution in [2.45, 2.75) is 13.0 Å². The minimum absolute atomic E-state index is 0.0885. The molecule has 3 aromatic carbocycles. The van der Waals surface area contributed by atoms with Crippen molar-refractivity contribution in [3.05, 3.63) is 64.8 Å². The fraction of sp³-hybridized carbons (Fsp3) is 0.261. The zero-order valence-corrected chi connectivity index (χ0v) is 16.0. The molecule has 0 fully saturated rings. The van der Waals surface area contributed by atoms with Gasteiger partial charge in [-0.05, 0) is 50.6 Å². The average molecular weight is 360 g/mol. The van der Waals surface area contributed by atoms with E-state index in [-0.39, 0.29) is 5.43 Å². The quantitative estimate of drug-likeness (QED) is 0.533. The summed E-state index contributed by atoms with van der Waals surface area (Å²) in [5.41, 5.74) is 1.95. The SMILES string of the molecule is COc1ccc2c(c1)c1ccc3ccccc3c(=O)c1n2CCCN(C)C. The zero-order valence-electron chi connectivity index (χ0n) is 16.0. The number of hydrogen-bond donors (Lipinski definition) is 0. The summed E-state index contributed by atoms with van der Waals surface area (Å²) in [5, 5.41) is 3.77. The van der Waals surface area contributed by atoms with Crippen LogP contribution in [-0.2, 0) is 6.54 Å². The molecular weight excluding hydrogens is 336 g/mol. The van der Waals surface area contributed by atoms with Crippen LogP contribution in [0.3, 0.4) is 0 Å². The number of methoxy groups -OCH3 is 1. The Kier molecular flexibility index (Phi) is 4.58. The van der Waals surface area contributed by atoms with Gasteiger partial charge in [-0.3, -0.25) is 4.79 Å². The zero-order chi connectivity index (χ0) is 19.0. The Balaban J connectivity index is 2.08. The van der Waals surface area contributed by atoms with Gasteiger partial charge in [0.2, 0.25) is 5.43 Å². The lowest BCUT2D eigenvalue weighted by Crippen LogP contribution is -2.16. The van der Waals surface area contributed by atoms with Gasteiger partial charge in [0.25, 0.3) is 0 Å². The Hall–Kier alpha value is -2.85. The Bertz CT molecular complexity index is 1190. The molecule has 1 aromatic heterocycles. The van der Waals surface area contributed by atoms with Gasteiger partial charge in [0.15, 0.2) is 0 Å². The standard InChI is InChI=1S/C23H24N2O2/c1-24(2)13-6-14-25-21-12-10-17(27-3)15-20(21)19-11-9-16-7-4-5-8-18(16)23(26)22(19)25/h4-5,7-12,15H,6,13-14H2,1-3H3. The molecule has 4 rings (SSSR count). The predicted molar refractivity (Wildman–Crippen MR) is 113 cm³/mol. The number of benzene rings is 2. The number of ether oxygens (including phenoxy) is 1. The Morgan fingerprint density at radius 1 is 0.963 bits per heavy atom. The number of rotatable bonds is 5. The van der Waals surface area contributed by atoms with Crippen LogP contribution >= 0.6 is 0 Å². The van der Waals surface area contributed by atoms with E-state index in [1.165, 1.54) is 0 Å². The molecule has 4 aromatic rings. The lowest BCUT2D eigenvalue weighted by atomic mass is 10.2. The largest absolute Gasteiger partial charge is 0.497 e. The van der Waals surface area contributed by atoms with Crippen molar-refractivity contribution >= 4 is 32.6 Å². The van der Waals surface area contributed by atoms with Gasteiger partial charge in [-0.1, -0.05) is 36.4 Å². The highest BCUT2D eigenvalue weighted by atomic mass is 16.5. The minimum atomic E-state index is 0.0885. The molecule has 138 valence electrons. The van der Waals surface area contributed by atoms with Crippen molar-refractivity contribution in [1.82, 2.24) is 9.47 Å². The van der Waals surface area contributed by atoms with Gasteiger partial charge in [-0.2, -0.15) is 0 Å². The molecule has 0 aliphatic heterocycles. The molecule has 0 aliphatic rings. The monoisotopic (exact) mass is 360 g/mol. The van der Waals surface area contributed by atoms with Crippen LogP contribution in [0.1, 0.15) is 6.42 Å². The average Bonchev–Trinajstić information content (AvgIpc) is 2.89. The third kappa shape index (κ3) is 3.06. The van der Waals surface area contributed by atoms with E-state index in [9.17, 15) is 4.79 Å². The summed E-state index contributed by atoms with van der Waals surface area (Å²) < 4.78 is 7.61. The van der Waals surface area contributed by atoms with Crippen LogP contribution in [0.15, 0.2) is 59.4 Å². The van der Waals surface area contributed by atoms with Crippen molar-refractivity contribution < 1.29 is 4.74 Å². The van der Waals surface area contributed by atoms with Gasteiger partial charge in [-0.25, -0.2) is 0 Å². The highest BCUT2D eigenvalue weighted by Gasteiger charge is 2.15. The molecule has 0 spiro atoms. The molecule has 0 atom stereocenters. The summed E-state index contributed by atoms with van der Waals surface area (Å²) >= 11 is 0. The maximum absolute atomic E-state index is 13.5. The van der Waals surface area contributed by atoms with E-state index in [1.54, 1.807) is 7.11 Å². The molecule has 27 heavy (non-hydrogen) atoms. The smallest absolute Gasteiger partial charge is 0.210 e. The Morgan fingerprint density at radius 3 is 2.56 bits per heavy atom. The number of aromatic nitrogens is 1. The molecule has 0 aliphatic carbocycles. The van der Waals surface area contributed by atoms with Gasteiger partial charge in [-0.15, -0.1) is 0 Å². The fourth-order valence-electron chi connectivity index (χ4n) is 3.83. The normalized spacial score (nSPS) is 11.7. The van der Waals surface area contributed by atoms with E-state index in [0.29, 0.717) is 0 Å². The number of nitrogens with zero attached hydrogens (tertiary/aromatic N) is 2. The van der Waals surface area contributed by atoms with E-state index in [0.717, 1.165) is 57.8 Å². The van der Waals surface area contributed by atoms with Gasteiger partial charge in [0, 0.05) is 28.2 Å². The molecule has 1 heterocycles. The Morgan fingerprint density at radius 2 is 1.78 bits per heavy atom. The van der Waals surface area contributed by atoms with Crippen LogP contribution in [-0.4, -0.2) is 37.2 Å². The Labute approximate surface area is 158 Å². The van der Waals surface area contributed by atoms with Crippen molar-refractivity contribution in [2.75, 3.05) is 27.7 Å². The molecule has 0 radical (unpaired) electrons. The summed E-state index contributed by atoms with van der Waals surface area (Å²) in [6.07, 6.45) is 0.980. The van der Waals surface area contributed by atoms with Crippen LogP contribution < -0.4 is 10.2 Å². The van der Waals surface area contributed by atoms with E-state index in [1.807, 2.05) is 42.5 Å². The number of fused-ring (bicyclic) bond motifs is 4. The first-order valence-corrected chi connectivity index (χ1v) is 9.27. The molecule has 0 saturated carbocycles. The van der Waals surface area contributed by atoms with E-state index in [2.05, 4.69) is 35.7 Å². The summed E-state index contributed by atoms with van der Waals surface area (Å²) in [6, 6.07) is 18.0. The van der Waals surface area contributed by atoms with E-state index < -0.39 is 0 Å². The molecule has 0 bridgehead atoms. The van der Waals surface area contributed by atoms with Crippen LogP contribution in [0.5, 0.6) is 5.75 Å². The third-order valence-electron chi connectivity index (χ3n) is 5.15. The lowest BCUT2D eigenvalue weighted by molar-refractivity contribution is 0.389. The third-order valence-corrected chi connectivity index (χ3v) is 5.15. The molecule has 0 saturated heterocycles. The highest BCUT2D eigenvalue weighted by Crippen LogP contribution is 2.31. The summed E-state index contributed by atoms with van der Waals surface area (Å²) in [5.74, 6) is 0.804. The molecule has 0 N–H and O–H groups in total. The molecule has 4 nitrogen and oxygen atoms in total. The first-order chi connectivity index (χ1) is 13.1. The second kappa shape index (κ2) is 7.05. The molecular formula is C23H24N2O2. The van der Waals surface area contributed by atoms with Crippen LogP contribution in [0.4, 0.5) is 0 Å². The van der Waals surface area contributed by atoms with E-state index >= 15 is 0 Å². The maximum Gasteiger partial charge on any atom is 0.210 e. The maximum atomic E-state index is 13.5. The summed E-state index contributed by atoms with van der Waals surface area (Å²) in [4.78, 5) is 15.6. The predicted octanol–water partition coefficient (Wildman–Crippen LogP) is 4.27. The topological polar surface area (TPSA) is 34.5 Å². The number of hydrogen-bond acceptors (Lipinski definition) is 3. The van der Waals surface area contributed by atoms with Crippen LogP contribution in [0, 0.1) is 0 Å². The first-order valence-electron chi connectivity index (χ1n) is 9.27. The lowest BCUT2D eigenvalue weighted by Gasteiger charge is -2.11. The summed E-state index contributed by atoms with van der Waals surface area (Å²) in [7, 11) is 5.82. The van der Waals surface area contributed by atoms with Crippen molar-refractivity contribution in [3.63, 3.8) is 0 Å². The van der Waals surface area contributed by atoms with Crippen molar-refractivity contribution in [1.29, 1.82) is 0 Å². The van der Waals surface area contributed by atoms with Gasteiger partial charge >= 0.3 is 0 Å². The van der Waals surface area contributed by atoms with Gasteiger partial charge in [0.1, 0.15) is 5.75 Å². The minimum Gasteiger partial charge on any atom is -0.497 e. The van der Waals surface area contributed by atoms with E-state index in [4.69, 9.17) is 4.74 Å². The molecule has 0 amide bonds. The second-order valence-corrected chi connectivity index (χ2v) is 7.20. The highest BCUT2D eigenvalue weighted by molar-refractivity contribution is 6.10. The van der Waals surface area contributed by atoms with Crippen LogP contribution in [0.25, 0.3) is 32.6 Å². The fourth-order valence-corrected chi connectivity index (χ4v) is 3.83. The molecule has 4 heteroatoms. The van der Waals surface area contributed by atoms with Gasteiger partial charge < -0.3 is 14.2 Å². The number of aryl methyl sites for hydroxylation is 1.